The monoisotopic (exact) mass is 624 g/mol. The van der Waals surface area contributed by atoms with Crippen molar-refractivity contribution in [3.8, 4) is 0 Å². The highest BCUT2D eigenvalue weighted by molar-refractivity contribution is 8.21. The Morgan fingerprint density at radius 1 is 0.465 bits per heavy atom. The number of allylic oxidation sites excluding steroid dienone is 6. The first-order chi connectivity index (χ1) is 21.3. The van der Waals surface area contributed by atoms with E-state index >= 15 is 0 Å². The molecule has 0 amide bonds. The minimum atomic E-state index is -2.01. The molecule has 0 spiro atoms. The largest absolute Gasteiger partial charge is 0.303 e. The molecular weight excluding hydrogens is 550 g/mol. The quantitative estimate of drug-likeness (QED) is 0.0568. The number of nitrogens with zero attached hydrogens (tertiary/aromatic N) is 1. The fourth-order valence-electron chi connectivity index (χ4n) is 5.33. The van der Waals surface area contributed by atoms with E-state index in [1.807, 2.05) is 0 Å². The number of unbranched alkanes of at least 4 members (excludes halogenated alkanes) is 12. The first kappa shape index (κ1) is 40.4. The highest BCUT2D eigenvalue weighted by atomic mass is 32.3. The van der Waals surface area contributed by atoms with Crippen LogP contribution < -0.4 is 0 Å². The molecule has 0 bridgehead atoms. The van der Waals surface area contributed by atoms with E-state index in [4.69, 9.17) is 12.5 Å². The van der Waals surface area contributed by atoms with Gasteiger partial charge in [-0.1, -0.05) is 102 Å². The second-order valence-electron chi connectivity index (χ2n) is 12.3. The zero-order chi connectivity index (χ0) is 30.9. The van der Waals surface area contributed by atoms with Crippen LogP contribution in [0.15, 0.2) is 36.5 Å². The Balaban J connectivity index is 2.68. The van der Waals surface area contributed by atoms with E-state index in [1.54, 1.807) is 0 Å². The number of rotatable bonds is 31. The van der Waals surface area contributed by atoms with E-state index < -0.39 is 10.9 Å². The maximum Gasteiger partial charge on any atom is 0.0888 e. The molecule has 5 heteroatoms. The Kier molecular flexibility index (Phi) is 29.5. The maximum absolute atomic E-state index is 6.66. The van der Waals surface area contributed by atoms with Crippen LogP contribution in [-0.4, -0.2) is 50.1 Å². The summed E-state index contributed by atoms with van der Waals surface area (Å²) in [4.78, 5) is 2.63. The first-order valence-corrected chi connectivity index (χ1v) is 20.3. The molecule has 0 aromatic carbocycles. The lowest BCUT2D eigenvalue weighted by molar-refractivity contribution is 0.163. The molecule has 254 valence electrons. The van der Waals surface area contributed by atoms with Gasteiger partial charge in [-0.2, -0.15) is 0 Å². The van der Waals surface area contributed by atoms with Gasteiger partial charge in [-0.05, 0) is 116 Å². The van der Waals surface area contributed by atoms with Crippen LogP contribution in [0.2, 0.25) is 0 Å². The van der Waals surface area contributed by atoms with E-state index in [9.17, 15) is 0 Å². The van der Waals surface area contributed by atoms with E-state index in [1.165, 1.54) is 109 Å². The van der Waals surface area contributed by atoms with Gasteiger partial charge in [-0.3, -0.25) is 12.5 Å². The van der Waals surface area contributed by atoms with Crippen molar-refractivity contribution < 1.29 is 12.5 Å². The Labute approximate surface area is 271 Å². The lowest BCUT2D eigenvalue weighted by Gasteiger charge is -2.38. The average Bonchev–Trinajstić information content (AvgIpc) is 3.03. The molecule has 0 saturated carbocycles. The minimum Gasteiger partial charge on any atom is -0.303 e. The smallest absolute Gasteiger partial charge is 0.0888 e. The summed E-state index contributed by atoms with van der Waals surface area (Å²) in [6.45, 7) is 12.6. The van der Waals surface area contributed by atoms with Gasteiger partial charge in [0.15, 0.2) is 0 Å². The van der Waals surface area contributed by atoms with Gasteiger partial charge in [0, 0.05) is 5.75 Å². The van der Waals surface area contributed by atoms with Crippen LogP contribution in [0.5, 0.6) is 0 Å². The second kappa shape index (κ2) is 31.4. The van der Waals surface area contributed by atoms with Crippen molar-refractivity contribution in [2.24, 2.45) is 0 Å². The summed E-state index contributed by atoms with van der Waals surface area (Å²) in [6.07, 6.45) is 40.9. The van der Waals surface area contributed by atoms with Gasteiger partial charge in [0.05, 0.1) is 30.7 Å². The molecule has 1 heterocycles. The molecule has 1 fully saturated rings. The average molecular weight is 624 g/mol. The molecule has 1 rings (SSSR count). The van der Waals surface area contributed by atoms with Gasteiger partial charge in [-0.15, -0.1) is 0 Å². The van der Waals surface area contributed by atoms with Crippen LogP contribution in [0.4, 0.5) is 0 Å². The van der Waals surface area contributed by atoms with E-state index in [2.05, 4.69) is 62.1 Å². The third-order valence-corrected chi connectivity index (χ3v) is 10.4. The third-order valence-electron chi connectivity index (χ3n) is 8.07. The summed E-state index contributed by atoms with van der Waals surface area (Å²) in [6, 6.07) is 0. The summed E-state index contributed by atoms with van der Waals surface area (Å²) >= 11 is 0. The maximum atomic E-state index is 6.66. The fourth-order valence-corrected chi connectivity index (χ4v) is 7.49. The zero-order valence-electron chi connectivity index (χ0n) is 29.1. The number of likely N-dealkylation sites (tertiary alicyclic amines) is 1. The molecule has 4 nitrogen and oxygen atoms in total. The highest BCUT2D eigenvalue weighted by Crippen LogP contribution is 2.52. The van der Waals surface area contributed by atoms with Crippen molar-refractivity contribution in [1.82, 2.24) is 4.90 Å². The van der Waals surface area contributed by atoms with Crippen LogP contribution in [-0.2, 0) is 12.5 Å². The van der Waals surface area contributed by atoms with Gasteiger partial charge >= 0.3 is 0 Å². The van der Waals surface area contributed by atoms with Crippen molar-refractivity contribution >= 4 is 10.9 Å². The van der Waals surface area contributed by atoms with Gasteiger partial charge in [0.25, 0.3) is 0 Å². The van der Waals surface area contributed by atoms with Crippen LogP contribution in [0.3, 0.4) is 0 Å². The highest BCUT2D eigenvalue weighted by Gasteiger charge is 2.28. The molecule has 0 radical (unpaired) electrons. The van der Waals surface area contributed by atoms with E-state index in [0.717, 1.165) is 57.2 Å². The summed E-state index contributed by atoms with van der Waals surface area (Å²) < 4.78 is 20.0. The van der Waals surface area contributed by atoms with Crippen LogP contribution in [0.25, 0.3) is 0 Å². The predicted octanol–water partition coefficient (Wildman–Crippen LogP) is 12.2. The molecule has 0 aromatic heterocycles. The van der Waals surface area contributed by atoms with Crippen LogP contribution >= 0.6 is 10.9 Å². The molecule has 1 aliphatic heterocycles. The lowest BCUT2D eigenvalue weighted by Crippen LogP contribution is -2.31. The summed E-state index contributed by atoms with van der Waals surface area (Å²) in [5.41, 5.74) is 0. The fraction of sp³-hybridized carbons (Fsp3) is 0.842. The molecule has 0 N–H and O–H groups in total. The topological polar surface area (TPSA) is 30.9 Å². The van der Waals surface area contributed by atoms with Crippen molar-refractivity contribution in [2.75, 3.05) is 45.2 Å². The number of hydrogen-bond acceptors (Lipinski definition) is 4. The number of piperidine rings is 1. The van der Waals surface area contributed by atoms with Crippen LogP contribution in [0, 0.1) is 0 Å². The summed E-state index contributed by atoms with van der Waals surface area (Å²) in [5, 5.41) is 0. The Morgan fingerprint density at radius 3 is 1.21 bits per heavy atom. The Morgan fingerprint density at radius 2 is 0.837 bits per heavy atom. The van der Waals surface area contributed by atoms with Gasteiger partial charge < -0.3 is 4.90 Å². The van der Waals surface area contributed by atoms with Crippen molar-refractivity contribution in [3.05, 3.63) is 36.5 Å². The second-order valence-corrected chi connectivity index (χ2v) is 14.5. The molecule has 0 atom stereocenters. The SMILES string of the molecule is CCCCC/C=C\CCCOS(CCCN1CCCCC1)(OCCC/C=C\CCCCC)OCCC/C=C\CCCCC. The normalized spacial score (nSPS) is 15.5. The standard InChI is InChI=1S/C38H73NO3S/c1-4-7-10-13-16-19-22-28-35-40-43(38-31-34-39-32-26-25-27-33-39,41-36-29-23-20-17-14-11-8-5-2)42-37-30-24-21-18-15-12-9-6-3/h16-21H,4-15,22-38H2,1-3H3/b19-16-,20-17-,21-18-. The first-order valence-electron chi connectivity index (χ1n) is 18.7. The summed E-state index contributed by atoms with van der Waals surface area (Å²) in [7, 11) is -2.01. The Bertz CT molecular complexity index is 590. The molecule has 1 aliphatic rings. The molecular formula is C38H73NO3S. The molecule has 0 unspecified atom stereocenters. The Hall–Kier alpha value is -0.590. The molecule has 0 aromatic rings. The predicted molar refractivity (Wildman–Crippen MR) is 193 cm³/mol. The summed E-state index contributed by atoms with van der Waals surface area (Å²) in [5.74, 6) is 0.885. The van der Waals surface area contributed by atoms with Gasteiger partial charge in [0.2, 0.25) is 0 Å². The van der Waals surface area contributed by atoms with Crippen molar-refractivity contribution in [1.29, 1.82) is 0 Å². The van der Waals surface area contributed by atoms with Gasteiger partial charge in [0.1, 0.15) is 0 Å². The molecule has 0 aliphatic carbocycles. The number of hydrogen-bond donors (Lipinski definition) is 0. The third kappa shape index (κ3) is 25.3. The van der Waals surface area contributed by atoms with E-state index in [-0.39, 0.29) is 0 Å². The lowest BCUT2D eigenvalue weighted by atomic mass is 10.1. The van der Waals surface area contributed by atoms with E-state index in [0.29, 0.717) is 19.8 Å². The van der Waals surface area contributed by atoms with Crippen molar-refractivity contribution in [2.45, 2.75) is 162 Å². The molecule has 43 heavy (non-hydrogen) atoms. The van der Waals surface area contributed by atoms with Crippen LogP contribution in [0.1, 0.15) is 162 Å². The minimum absolute atomic E-state index is 0.715. The van der Waals surface area contributed by atoms with Crippen molar-refractivity contribution in [3.63, 3.8) is 0 Å². The van der Waals surface area contributed by atoms with Gasteiger partial charge in [-0.25, -0.2) is 0 Å². The molecule has 1 saturated heterocycles. The zero-order valence-corrected chi connectivity index (χ0v) is 29.9.